The molecular formula is C16H18N4O8S. The molecule has 0 radical (unpaired) electrons. The normalized spacial score (nSPS) is 11.6. The Kier molecular flexibility index (Phi) is 5.92. The molecule has 0 aliphatic rings. The van der Waals surface area contributed by atoms with E-state index >= 15 is 0 Å². The molecule has 2 rings (SSSR count). The van der Waals surface area contributed by atoms with Crippen molar-refractivity contribution < 1.29 is 32.4 Å². The minimum atomic E-state index is -4.69. The van der Waals surface area contributed by atoms with Gasteiger partial charge < -0.3 is 9.47 Å². The highest BCUT2D eigenvalue weighted by atomic mass is 32.2. The number of hydrogen-bond acceptors (Lipinski definition) is 9. The van der Waals surface area contributed by atoms with Crippen molar-refractivity contribution in [2.75, 3.05) is 7.11 Å². The second-order valence-corrected chi connectivity index (χ2v) is 8.26. The van der Waals surface area contributed by atoms with Gasteiger partial charge in [0, 0.05) is 0 Å². The lowest BCUT2D eigenvalue weighted by Gasteiger charge is -2.19. The van der Waals surface area contributed by atoms with Crippen molar-refractivity contribution in [1.82, 2.24) is 14.5 Å². The van der Waals surface area contributed by atoms with Crippen molar-refractivity contribution in [3.8, 4) is 5.69 Å². The first kappa shape index (κ1) is 21.8. The first-order valence-electron chi connectivity index (χ1n) is 8.02. The van der Waals surface area contributed by atoms with E-state index in [1.165, 1.54) is 52.1 Å². The summed E-state index contributed by atoms with van der Waals surface area (Å²) >= 11 is 0. The number of esters is 1. The number of nitrogens with zero attached hydrogens (tertiary/aromatic N) is 3. The summed E-state index contributed by atoms with van der Waals surface area (Å²) in [7, 11) is -3.48. The topological polar surface area (TPSA) is 160 Å². The van der Waals surface area contributed by atoms with Crippen LogP contribution >= 0.6 is 0 Å². The van der Waals surface area contributed by atoms with Gasteiger partial charge in [0.1, 0.15) is 11.8 Å². The number of ether oxygens (including phenoxy) is 2. The number of methoxy groups -OCH3 is 1. The van der Waals surface area contributed by atoms with E-state index in [0.717, 1.165) is 10.9 Å². The lowest BCUT2D eigenvalue weighted by molar-refractivity contribution is -0.387. The monoisotopic (exact) mass is 426 g/mol. The molecule has 1 aromatic carbocycles. The van der Waals surface area contributed by atoms with Gasteiger partial charge in [-0.2, -0.15) is 8.42 Å². The van der Waals surface area contributed by atoms with Crippen molar-refractivity contribution in [2.45, 2.75) is 31.4 Å². The predicted molar refractivity (Wildman–Crippen MR) is 98.1 cm³/mol. The fourth-order valence-electron chi connectivity index (χ4n) is 2.12. The van der Waals surface area contributed by atoms with Crippen LogP contribution in [0.5, 0.6) is 0 Å². The van der Waals surface area contributed by atoms with E-state index in [4.69, 9.17) is 4.74 Å². The molecule has 0 fully saturated rings. The molecule has 0 aliphatic heterocycles. The van der Waals surface area contributed by atoms with Crippen molar-refractivity contribution in [3.63, 3.8) is 0 Å². The molecule has 0 spiro atoms. The van der Waals surface area contributed by atoms with Gasteiger partial charge in [0.15, 0.2) is 0 Å². The van der Waals surface area contributed by atoms with Crippen LogP contribution in [-0.2, 0) is 19.5 Å². The third-order valence-electron chi connectivity index (χ3n) is 3.28. The molecule has 156 valence electrons. The quantitative estimate of drug-likeness (QED) is 0.427. The maximum absolute atomic E-state index is 12.4. The second kappa shape index (κ2) is 7.87. The Labute approximate surface area is 165 Å². The lowest BCUT2D eigenvalue weighted by Crippen LogP contribution is -2.36. The van der Waals surface area contributed by atoms with Crippen LogP contribution < -0.4 is 4.72 Å². The standard InChI is InChI=1S/C16H18N4O8S/c1-16(2,3)28-15(22)18-29(25,26)13-12(20(23)24)9-19(17-13)11-7-5-10(6-8-11)14(21)27-4/h5-9H,1-4H3,(H,18,22). The summed E-state index contributed by atoms with van der Waals surface area (Å²) in [6.07, 6.45) is -0.430. The fraction of sp³-hybridized carbons (Fsp3) is 0.312. The van der Waals surface area contributed by atoms with Crippen LogP contribution in [0, 0.1) is 10.1 Å². The van der Waals surface area contributed by atoms with Gasteiger partial charge in [-0.3, -0.25) is 10.1 Å². The number of hydrogen-bond donors (Lipinski definition) is 1. The van der Waals surface area contributed by atoms with Gasteiger partial charge >= 0.3 is 17.7 Å². The van der Waals surface area contributed by atoms with Gasteiger partial charge in [-0.1, -0.05) is 0 Å². The Bertz CT molecular complexity index is 1050. The highest BCUT2D eigenvalue weighted by Crippen LogP contribution is 2.24. The molecule has 2 aromatic rings. The van der Waals surface area contributed by atoms with Crippen LogP contribution in [0.4, 0.5) is 10.5 Å². The average molecular weight is 426 g/mol. The van der Waals surface area contributed by atoms with Crippen LogP contribution in [0.15, 0.2) is 35.5 Å². The molecule has 0 bridgehead atoms. The van der Waals surface area contributed by atoms with Crippen molar-refractivity contribution >= 4 is 27.8 Å². The van der Waals surface area contributed by atoms with Gasteiger partial charge in [0.05, 0.1) is 23.3 Å². The molecule has 0 saturated heterocycles. The van der Waals surface area contributed by atoms with Gasteiger partial charge in [-0.25, -0.2) is 19.0 Å². The molecule has 12 nitrogen and oxygen atoms in total. The van der Waals surface area contributed by atoms with E-state index in [0.29, 0.717) is 0 Å². The summed E-state index contributed by atoms with van der Waals surface area (Å²) in [5.41, 5.74) is -1.37. The summed E-state index contributed by atoms with van der Waals surface area (Å²) in [4.78, 5) is 33.6. The molecule has 1 N–H and O–H groups in total. The van der Waals surface area contributed by atoms with E-state index in [9.17, 15) is 28.1 Å². The largest absolute Gasteiger partial charge is 0.465 e. The van der Waals surface area contributed by atoms with Crippen LogP contribution in [-0.4, -0.2) is 47.9 Å². The second-order valence-electron chi connectivity index (χ2n) is 6.67. The minimum absolute atomic E-state index is 0.220. The van der Waals surface area contributed by atoms with E-state index in [2.05, 4.69) is 9.84 Å². The summed E-state index contributed by atoms with van der Waals surface area (Å²) in [6, 6.07) is 5.53. The summed E-state index contributed by atoms with van der Waals surface area (Å²) in [6.45, 7) is 4.57. The summed E-state index contributed by atoms with van der Waals surface area (Å²) in [5, 5.41) is 14.0. The van der Waals surface area contributed by atoms with Gasteiger partial charge in [-0.15, -0.1) is 5.10 Å². The first-order valence-corrected chi connectivity index (χ1v) is 9.51. The number of benzene rings is 1. The van der Waals surface area contributed by atoms with Crippen molar-refractivity contribution in [2.24, 2.45) is 0 Å². The first-order chi connectivity index (χ1) is 13.3. The molecule has 13 heteroatoms. The number of amides is 1. The molecular weight excluding hydrogens is 408 g/mol. The fourth-order valence-corrected chi connectivity index (χ4v) is 3.08. The third-order valence-corrected chi connectivity index (χ3v) is 4.52. The average Bonchev–Trinajstić information content (AvgIpc) is 3.05. The van der Waals surface area contributed by atoms with E-state index < -0.39 is 43.3 Å². The SMILES string of the molecule is COC(=O)c1ccc(-n2cc([N+](=O)[O-])c(S(=O)(=O)NC(=O)OC(C)(C)C)n2)cc1. The Morgan fingerprint density at radius 2 is 1.79 bits per heavy atom. The molecule has 1 heterocycles. The molecule has 0 saturated carbocycles. The van der Waals surface area contributed by atoms with Gasteiger partial charge in [0.25, 0.3) is 15.0 Å². The maximum Gasteiger partial charge on any atom is 0.421 e. The van der Waals surface area contributed by atoms with Gasteiger partial charge in [0.2, 0.25) is 0 Å². The zero-order valence-electron chi connectivity index (χ0n) is 15.9. The predicted octanol–water partition coefficient (Wildman–Crippen LogP) is 1.78. The van der Waals surface area contributed by atoms with Crippen LogP contribution in [0.3, 0.4) is 0 Å². The smallest absolute Gasteiger partial charge is 0.421 e. The van der Waals surface area contributed by atoms with Crippen molar-refractivity contribution in [1.29, 1.82) is 0 Å². The van der Waals surface area contributed by atoms with E-state index in [-0.39, 0.29) is 11.3 Å². The highest BCUT2D eigenvalue weighted by Gasteiger charge is 2.34. The van der Waals surface area contributed by atoms with Crippen LogP contribution in [0.1, 0.15) is 31.1 Å². The number of aromatic nitrogens is 2. The molecule has 1 amide bonds. The number of carbonyl (C=O) groups excluding carboxylic acids is 2. The van der Waals surface area contributed by atoms with E-state index in [1.807, 2.05) is 0 Å². The Balaban J connectivity index is 2.41. The zero-order valence-corrected chi connectivity index (χ0v) is 16.7. The van der Waals surface area contributed by atoms with Crippen LogP contribution in [0.25, 0.3) is 5.69 Å². The lowest BCUT2D eigenvalue weighted by atomic mass is 10.2. The number of nitro groups is 1. The number of nitrogens with one attached hydrogen (secondary N) is 1. The number of sulfonamides is 1. The highest BCUT2D eigenvalue weighted by molar-refractivity contribution is 7.90. The Hall–Kier alpha value is -3.48. The summed E-state index contributed by atoms with van der Waals surface area (Å²) in [5.74, 6) is -0.590. The molecule has 0 atom stereocenters. The van der Waals surface area contributed by atoms with Gasteiger partial charge in [-0.05, 0) is 45.0 Å². The molecule has 0 unspecified atom stereocenters. The Morgan fingerprint density at radius 3 is 2.28 bits per heavy atom. The Morgan fingerprint density at radius 1 is 1.21 bits per heavy atom. The third kappa shape index (κ3) is 5.28. The van der Waals surface area contributed by atoms with E-state index in [1.54, 1.807) is 4.72 Å². The van der Waals surface area contributed by atoms with Crippen molar-refractivity contribution in [3.05, 3.63) is 46.1 Å². The molecule has 0 aliphatic carbocycles. The number of rotatable bonds is 5. The van der Waals surface area contributed by atoms with Crippen LogP contribution in [0.2, 0.25) is 0 Å². The minimum Gasteiger partial charge on any atom is -0.465 e. The maximum atomic E-state index is 12.4. The summed E-state index contributed by atoms with van der Waals surface area (Å²) < 4.78 is 36.8. The molecule has 29 heavy (non-hydrogen) atoms. The number of carbonyl (C=O) groups is 2. The molecule has 1 aromatic heterocycles. The zero-order chi connectivity index (χ0) is 22.0.